The van der Waals surface area contributed by atoms with Crippen LogP contribution in [0.4, 0.5) is 0 Å². The highest BCUT2D eigenvalue weighted by Gasteiger charge is 2.00. The van der Waals surface area contributed by atoms with Crippen LogP contribution in [0, 0.1) is 10.8 Å². The van der Waals surface area contributed by atoms with Gasteiger partial charge in [-0.05, 0) is 0 Å². The Morgan fingerprint density at radius 3 is 2.00 bits per heavy atom. The maximum Gasteiger partial charge on any atom is 0.250 e. The fourth-order valence-electron chi connectivity index (χ4n) is 0.178. The Balaban J connectivity index is 3.64. The van der Waals surface area contributed by atoms with Gasteiger partial charge in [0.2, 0.25) is 0 Å². The van der Waals surface area contributed by atoms with Crippen LogP contribution in [0.15, 0.2) is 0 Å². The summed E-state index contributed by atoms with van der Waals surface area (Å²) < 4.78 is 0. The number of hydroxylamine groups is 2. The molecule has 0 atom stereocenters. The van der Waals surface area contributed by atoms with Gasteiger partial charge >= 0.3 is 0 Å². The van der Waals surface area contributed by atoms with Gasteiger partial charge in [0, 0.05) is 0 Å². The molecule has 0 aromatic rings. The fraction of sp³-hybridized carbons (Fsp3) is 0. The Bertz CT molecular complexity index is 131. The number of rotatable bonds is 0. The van der Waals surface area contributed by atoms with Crippen LogP contribution < -0.4 is 11.1 Å². The summed E-state index contributed by atoms with van der Waals surface area (Å²) in [6, 6.07) is 0. The number of nitrogens with zero attached hydrogens (tertiary/aromatic N) is 1. The fourth-order valence-corrected chi connectivity index (χ4v) is 0.178. The normalized spacial score (nSPS) is 8.22. The van der Waals surface area contributed by atoms with E-state index in [4.69, 9.17) is 27.0 Å². The van der Waals surface area contributed by atoms with Gasteiger partial charge in [-0.3, -0.25) is 26.5 Å². The van der Waals surface area contributed by atoms with Crippen molar-refractivity contribution in [3.05, 3.63) is 0 Å². The average Bonchev–Trinajstić information content (AvgIpc) is 1.63. The maximum absolute atomic E-state index is 8.02. The molecule has 0 spiro atoms. The van der Waals surface area contributed by atoms with Crippen LogP contribution in [0.3, 0.4) is 0 Å². The van der Waals surface area contributed by atoms with Gasteiger partial charge in [-0.1, -0.05) is 5.23 Å². The van der Waals surface area contributed by atoms with Crippen LogP contribution in [0.25, 0.3) is 0 Å². The number of guanidine groups is 2. The monoisotopic (exact) mass is 133 g/mol. The molecular weight excluding hydrogens is 126 g/mol. The predicted octanol–water partition coefficient (Wildman–Crippen LogP) is -1.52. The molecule has 0 aliphatic heterocycles. The Labute approximate surface area is 50.6 Å². The molecule has 7 N–H and O–H groups in total. The standard InChI is InChI=1S/C2H7N5O2/c3-1(4)6-2(5)7(8)9/h8-9H,(H5,3,4,5,6). The Hall–Kier alpha value is -1.34. The van der Waals surface area contributed by atoms with Crippen molar-refractivity contribution in [3.8, 4) is 0 Å². The van der Waals surface area contributed by atoms with Gasteiger partial charge in [-0.15, -0.1) is 0 Å². The third-order valence-electron chi connectivity index (χ3n) is 0.453. The molecule has 9 heavy (non-hydrogen) atoms. The molecule has 0 fully saturated rings. The molecule has 0 unspecified atom stereocenters. The van der Waals surface area contributed by atoms with Crippen LogP contribution in [-0.4, -0.2) is 27.6 Å². The van der Waals surface area contributed by atoms with E-state index in [1.165, 1.54) is 0 Å². The molecule has 0 heterocycles. The lowest BCUT2D eigenvalue weighted by atomic mass is 10.9. The van der Waals surface area contributed by atoms with Gasteiger partial charge in [0.1, 0.15) is 0 Å². The van der Waals surface area contributed by atoms with Crippen LogP contribution in [0.5, 0.6) is 0 Å². The van der Waals surface area contributed by atoms with Crippen molar-refractivity contribution >= 4 is 11.9 Å². The van der Waals surface area contributed by atoms with Crippen molar-refractivity contribution in [1.82, 2.24) is 10.5 Å². The quantitative estimate of drug-likeness (QED) is 0.136. The van der Waals surface area contributed by atoms with Crippen molar-refractivity contribution in [2.24, 2.45) is 5.73 Å². The third kappa shape index (κ3) is 3.26. The summed E-state index contributed by atoms with van der Waals surface area (Å²) in [5, 5.41) is 30.4. The van der Waals surface area contributed by atoms with Gasteiger partial charge < -0.3 is 5.73 Å². The topological polar surface area (TPSA) is 129 Å². The molecular formula is C2H7N5O2. The van der Waals surface area contributed by atoms with Crippen molar-refractivity contribution in [3.63, 3.8) is 0 Å². The van der Waals surface area contributed by atoms with E-state index in [0.717, 1.165) is 0 Å². The first-order valence-electron chi connectivity index (χ1n) is 1.91. The van der Waals surface area contributed by atoms with Gasteiger partial charge in [0.05, 0.1) is 0 Å². The smallest absolute Gasteiger partial charge is 0.250 e. The second-order valence-electron chi connectivity index (χ2n) is 1.18. The third-order valence-corrected chi connectivity index (χ3v) is 0.453. The summed E-state index contributed by atoms with van der Waals surface area (Å²) in [6.07, 6.45) is 0. The second kappa shape index (κ2) is 2.84. The van der Waals surface area contributed by atoms with Crippen LogP contribution in [0.1, 0.15) is 0 Å². The molecule has 0 aromatic heterocycles. The van der Waals surface area contributed by atoms with E-state index < -0.39 is 17.1 Å². The molecule has 7 nitrogen and oxygen atoms in total. The molecule has 0 bridgehead atoms. The first kappa shape index (κ1) is 7.66. The zero-order chi connectivity index (χ0) is 7.44. The highest BCUT2D eigenvalue weighted by Crippen LogP contribution is 1.68. The zero-order valence-electron chi connectivity index (χ0n) is 4.42. The van der Waals surface area contributed by atoms with Crippen LogP contribution in [0.2, 0.25) is 0 Å². The lowest BCUT2D eigenvalue weighted by Gasteiger charge is -2.08. The molecule has 0 aliphatic rings. The summed E-state index contributed by atoms with van der Waals surface area (Å²) in [5.41, 5.74) is 4.71. The first-order chi connectivity index (χ1) is 4.04. The Morgan fingerprint density at radius 2 is 1.89 bits per heavy atom. The molecule has 0 aliphatic carbocycles. The van der Waals surface area contributed by atoms with Crippen molar-refractivity contribution in [1.29, 1.82) is 10.8 Å². The lowest BCUT2D eigenvalue weighted by Crippen LogP contribution is -2.43. The van der Waals surface area contributed by atoms with E-state index in [-0.39, 0.29) is 0 Å². The zero-order valence-corrected chi connectivity index (χ0v) is 4.42. The van der Waals surface area contributed by atoms with Crippen molar-refractivity contribution in [2.75, 3.05) is 0 Å². The molecule has 0 saturated carbocycles. The van der Waals surface area contributed by atoms with Crippen LogP contribution in [-0.2, 0) is 0 Å². The summed E-state index contributed by atoms with van der Waals surface area (Å²) in [6.45, 7) is 0. The summed E-state index contributed by atoms with van der Waals surface area (Å²) >= 11 is 0. The minimum absolute atomic E-state index is 0.485. The lowest BCUT2D eigenvalue weighted by molar-refractivity contribution is -0.247. The second-order valence-corrected chi connectivity index (χ2v) is 1.18. The minimum Gasteiger partial charge on any atom is -0.370 e. The predicted molar refractivity (Wildman–Crippen MR) is 28.2 cm³/mol. The molecule has 0 aromatic carbocycles. The Morgan fingerprint density at radius 1 is 1.44 bits per heavy atom. The van der Waals surface area contributed by atoms with Gasteiger partial charge in [-0.25, -0.2) is 0 Å². The molecule has 0 rings (SSSR count). The molecule has 0 saturated heterocycles. The van der Waals surface area contributed by atoms with E-state index in [1.807, 2.05) is 5.32 Å². The number of nitrogens with two attached hydrogens (primary N) is 1. The molecule has 7 heteroatoms. The summed E-state index contributed by atoms with van der Waals surface area (Å²) in [5.74, 6) is -1.31. The maximum atomic E-state index is 8.02. The first-order valence-corrected chi connectivity index (χ1v) is 1.91. The van der Waals surface area contributed by atoms with E-state index in [1.54, 1.807) is 0 Å². The van der Waals surface area contributed by atoms with E-state index in [2.05, 4.69) is 0 Å². The number of hydrogen-bond acceptors (Lipinski definition) is 4. The van der Waals surface area contributed by atoms with Gasteiger partial charge in [-0.2, -0.15) is 0 Å². The SMILES string of the molecule is N=C(N)NC(=N)N(O)O. The largest absolute Gasteiger partial charge is 0.370 e. The highest BCUT2D eigenvalue weighted by molar-refractivity contribution is 5.93. The van der Waals surface area contributed by atoms with Crippen molar-refractivity contribution in [2.45, 2.75) is 0 Å². The van der Waals surface area contributed by atoms with Gasteiger partial charge in [0.15, 0.2) is 5.96 Å². The van der Waals surface area contributed by atoms with Gasteiger partial charge in [0.25, 0.3) is 5.96 Å². The van der Waals surface area contributed by atoms with Crippen LogP contribution >= 0.6 is 0 Å². The van der Waals surface area contributed by atoms with Crippen molar-refractivity contribution < 1.29 is 10.4 Å². The molecule has 52 valence electrons. The number of nitrogens with one attached hydrogen (secondary N) is 3. The average molecular weight is 133 g/mol. The summed E-state index contributed by atoms with van der Waals surface area (Å²) in [4.78, 5) is 0. The van der Waals surface area contributed by atoms with E-state index >= 15 is 0 Å². The Kier molecular flexibility index (Phi) is 2.42. The molecule has 0 radical (unpaired) electrons. The summed E-state index contributed by atoms with van der Waals surface area (Å²) in [7, 11) is 0. The highest BCUT2D eigenvalue weighted by atomic mass is 16.8. The van der Waals surface area contributed by atoms with E-state index in [0.29, 0.717) is 0 Å². The minimum atomic E-state index is -0.775. The number of hydrogen-bond donors (Lipinski definition) is 6. The van der Waals surface area contributed by atoms with E-state index in [9.17, 15) is 0 Å². The molecule has 0 amide bonds.